The number of anilines is 1. The molecule has 0 heterocycles. The van der Waals surface area contributed by atoms with Gasteiger partial charge in [0.25, 0.3) is 0 Å². The fourth-order valence-electron chi connectivity index (χ4n) is 1.34. The average Bonchev–Trinajstić information content (AvgIpc) is 2.41. The molecule has 0 aliphatic heterocycles. The Labute approximate surface area is 120 Å². The van der Waals surface area contributed by atoms with E-state index in [4.69, 9.17) is 5.11 Å². The highest BCUT2D eigenvalue weighted by Gasteiger charge is 2.07. The predicted octanol–water partition coefficient (Wildman–Crippen LogP) is 1.93. The summed E-state index contributed by atoms with van der Waals surface area (Å²) in [5.41, 5.74) is 0.765. The van der Waals surface area contributed by atoms with Crippen molar-refractivity contribution in [1.29, 1.82) is 0 Å². The number of unbranched alkanes of at least 4 members (excludes halogenated alkanes) is 1. The van der Waals surface area contributed by atoms with E-state index < -0.39 is 0 Å². The molecule has 20 heavy (non-hydrogen) atoms. The third kappa shape index (κ3) is 10.1. The number of aliphatic hydroxyl groups excluding tert-OH is 1. The SMILES string of the molecule is CC(CC(=O)Nc1ccccc1)NC=O.CCCCO. The van der Waals surface area contributed by atoms with Gasteiger partial charge in [-0.05, 0) is 25.5 Å². The van der Waals surface area contributed by atoms with Crippen molar-refractivity contribution in [3.63, 3.8) is 0 Å². The Balaban J connectivity index is 0.000000621. The monoisotopic (exact) mass is 280 g/mol. The average molecular weight is 280 g/mol. The number of hydrogen-bond acceptors (Lipinski definition) is 3. The lowest BCUT2D eigenvalue weighted by Crippen LogP contribution is -2.29. The minimum Gasteiger partial charge on any atom is -0.396 e. The normalized spacial score (nSPS) is 10.8. The Morgan fingerprint density at radius 3 is 2.45 bits per heavy atom. The Bertz CT molecular complexity index is 367. The minimum atomic E-state index is -0.147. The van der Waals surface area contributed by atoms with Crippen LogP contribution in [-0.4, -0.2) is 30.1 Å². The molecule has 5 nitrogen and oxygen atoms in total. The number of rotatable bonds is 7. The zero-order valence-corrected chi connectivity index (χ0v) is 12.1. The highest BCUT2D eigenvalue weighted by atomic mass is 16.2. The Morgan fingerprint density at radius 2 is 2.00 bits per heavy atom. The van der Waals surface area contributed by atoms with Crippen molar-refractivity contribution in [3.8, 4) is 0 Å². The molecule has 0 fully saturated rings. The molecule has 0 saturated carbocycles. The van der Waals surface area contributed by atoms with E-state index in [0.29, 0.717) is 13.0 Å². The second-order valence-electron chi connectivity index (χ2n) is 4.38. The van der Waals surface area contributed by atoms with Gasteiger partial charge in [-0.25, -0.2) is 0 Å². The maximum atomic E-state index is 11.4. The Kier molecular flexibility index (Phi) is 11.0. The van der Waals surface area contributed by atoms with Gasteiger partial charge in [-0.2, -0.15) is 0 Å². The van der Waals surface area contributed by atoms with Crippen LogP contribution >= 0.6 is 0 Å². The first-order valence-electron chi connectivity index (χ1n) is 6.79. The van der Waals surface area contributed by atoms with Gasteiger partial charge in [-0.15, -0.1) is 0 Å². The number of aliphatic hydroxyl groups is 1. The van der Waals surface area contributed by atoms with Crippen molar-refractivity contribution < 1.29 is 14.7 Å². The lowest BCUT2D eigenvalue weighted by Gasteiger charge is -2.10. The van der Waals surface area contributed by atoms with E-state index in [-0.39, 0.29) is 18.4 Å². The van der Waals surface area contributed by atoms with E-state index in [1.54, 1.807) is 6.92 Å². The van der Waals surface area contributed by atoms with Crippen LogP contribution in [0, 0.1) is 0 Å². The smallest absolute Gasteiger partial charge is 0.226 e. The van der Waals surface area contributed by atoms with Gasteiger partial charge in [0.05, 0.1) is 0 Å². The zero-order valence-electron chi connectivity index (χ0n) is 12.1. The number of carbonyl (C=O) groups excluding carboxylic acids is 2. The van der Waals surface area contributed by atoms with Crippen LogP contribution in [0.5, 0.6) is 0 Å². The van der Waals surface area contributed by atoms with Crippen LogP contribution in [0.4, 0.5) is 5.69 Å². The van der Waals surface area contributed by atoms with Gasteiger partial charge in [-0.1, -0.05) is 31.5 Å². The van der Waals surface area contributed by atoms with E-state index in [1.165, 1.54) is 0 Å². The highest BCUT2D eigenvalue weighted by Crippen LogP contribution is 2.05. The molecule has 2 amide bonds. The number of hydrogen-bond donors (Lipinski definition) is 3. The molecule has 0 saturated heterocycles. The van der Waals surface area contributed by atoms with Gasteiger partial charge < -0.3 is 15.7 Å². The third-order valence-corrected chi connectivity index (χ3v) is 2.41. The van der Waals surface area contributed by atoms with Crippen LogP contribution in [0.15, 0.2) is 30.3 Å². The number of carbonyl (C=O) groups is 2. The van der Waals surface area contributed by atoms with Crippen molar-refractivity contribution in [2.45, 2.75) is 39.2 Å². The van der Waals surface area contributed by atoms with Crippen LogP contribution in [0.25, 0.3) is 0 Å². The summed E-state index contributed by atoms with van der Waals surface area (Å²) in [5.74, 6) is -0.108. The van der Waals surface area contributed by atoms with Crippen molar-refractivity contribution in [3.05, 3.63) is 30.3 Å². The quantitative estimate of drug-likeness (QED) is 0.668. The highest BCUT2D eigenvalue weighted by molar-refractivity contribution is 5.91. The maximum Gasteiger partial charge on any atom is 0.226 e. The van der Waals surface area contributed by atoms with Crippen molar-refractivity contribution >= 4 is 18.0 Å². The molecule has 0 aromatic heterocycles. The standard InChI is InChI=1S/C11H14N2O2.C4H10O/c1-9(12-8-14)7-11(15)13-10-5-3-2-4-6-10;1-2-3-4-5/h2-6,8-9H,7H2,1H3,(H,12,14)(H,13,15);5H,2-4H2,1H3. The first-order valence-corrected chi connectivity index (χ1v) is 6.79. The largest absolute Gasteiger partial charge is 0.396 e. The summed E-state index contributed by atoms with van der Waals surface area (Å²) in [7, 11) is 0. The molecule has 0 radical (unpaired) electrons. The summed E-state index contributed by atoms with van der Waals surface area (Å²) >= 11 is 0. The van der Waals surface area contributed by atoms with Crippen LogP contribution in [-0.2, 0) is 9.59 Å². The molecule has 112 valence electrons. The van der Waals surface area contributed by atoms with Crippen LogP contribution in [0.1, 0.15) is 33.1 Å². The molecule has 3 N–H and O–H groups in total. The lowest BCUT2D eigenvalue weighted by atomic mass is 10.2. The molecular weight excluding hydrogens is 256 g/mol. The van der Waals surface area contributed by atoms with E-state index >= 15 is 0 Å². The number of para-hydroxylation sites is 1. The topological polar surface area (TPSA) is 78.4 Å². The summed E-state index contributed by atoms with van der Waals surface area (Å²) in [6.45, 7) is 4.17. The summed E-state index contributed by atoms with van der Waals surface area (Å²) in [6, 6.07) is 9.06. The van der Waals surface area contributed by atoms with E-state index in [0.717, 1.165) is 18.5 Å². The van der Waals surface area contributed by atoms with Gasteiger partial charge in [0, 0.05) is 24.8 Å². The number of nitrogens with one attached hydrogen (secondary N) is 2. The molecule has 1 atom stereocenters. The Morgan fingerprint density at radius 1 is 1.35 bits per heavy atom. The second kappa shape index (κ2) is 12.2. The van der Waals surface area contributed by atoms with Crippen LogP contribution in [0.2, 0.25) is 0 Å². The molecule has 1 unspecified atom stereocenters. The van der Waals surface area contributed by atoms with Gasteiger partial charge in [0.15, 0.2) is 0 Å². The lowest BCUT2D eigenvalue weighted by molar-refractivity contribution is -0.116. The van der Waals surface area contributed by atoms with Crippen LogP contribution in [0.3, 0.4) is 0 Å². The summed E-state index contributed by atoms with van der Waals surface area (Å²) in [4.78, 5) is 21.5. The van der Waals surface area contributed by atoms with E-state index in [9.17, 15) is 9.59 Å². The minimum absolute atomic E-state index is 0.108. The van der Waals surface area contributed by atoms with E-state index in [1.807, 2.05) is 30.3 Å². The number of benzene rings is 1. The van der Waals surface area contributed by atoms with Gasteiger partial charge >= 0.3 is 0 Å². The summed E-state index contributed by atoms with van der Waals surface area (Å²) in [6.07, 6.45) is 2.91. The number of amides is 2. The molecule has 0 bridgehead atoms. The molecule has 0 aliphatic rings. The third-order valence-electron chi connectivity index (χ3n) is 2.41. The second-order valence-corrected chi connectivity index (χ2v) is 4.38. The molecule has 0 spiro atoms. The van der Waals surface area contributed by atoms with Crippen LogP contribution < -0.4 is 10.6 Å². The fourth-order valence-corrected chi connectivity index (χ4v) is 1.34. The molecule has 1 rings (SSSR count). The zero-order chi connectivity index (χ0) is 15.2. The molecular formula is C15H24N2O3. The first kappa shape index (κ1) is 18.1. The van der Waals surface area contributed by atoms with Crippen molar-refractivity contribution in [1.82, 2.24) is 5.32 Å². The van der Waals surface area contributed by atoms with E-state index in [2.05, 4.69) is 17.6 Å². The van der Waals surface area contributed by atoms with Gasteiger partial charge in [0.1, 0.15) is 0 Å². The summed E-state index contributed by atoms with van der Waals surface area (Å²) in [5, 5.41) is 13.3. The van der Waals surface area contributed by atoms with Gasteiger partial charge in [0.2, 0.25) is 12.3 Å². The molecule has 1 aromatic carbocycles. The van der Waals surface area contributed by atoms with Gasteiger partial charge in [-0.3, -0.25) is 9.59 Å². The molecule has 0 aliphatic carbocycles. The van der Waals surface area contributed by atoms with Crippen molar-refractivity contribution in [2.24, 2.45) is 0 Å². The molecule has 5 heteroatoms. The maximum absolute atomic E-state index is 11.4. The fraction of sp³-hybridized carbons (Fsp3) is 0.467. The predicted molar refractivity (Wildman–Crippen MR) is 80.3 cm³/mol. The van der Waals surface area contributed by atoms with Crippen molar-refractivity contribution in [2.75, 3.05) is 11.9 Å². The summed E-state index contributed by atoms with van der Waals surface area (Å²) < 4.78 is 0. The Hall–Kier alpha value is -1.88. The first-order chi connectivity index (χ1) is 9.63. The molecule has 1 aromatic rings.